The van der Waals surface area contributed by atoms with Crippen molar-refractivity contribution >= 4 is 5.91 Å². The van der Waals surface area contributed by atoms with Crippen LogP contribution in [0, 0.1) is 5.92 Å². The fourth-order valence-electron chi connectivity index (χ4n) is 3.63. The highest BCUT2D eigenvalue weighted by atomic mass is 16.5. The van der Waals surface area contributed by atoms with Crippen LogP contribution in [-0.2, 0) is 17.8 Å². The topological polar surface area (TPSA) is 45.7 Å². The van der Waals surface area contributed by atoms with Crippen LogP contribution in [0.25, 0.3) is 0 Å². The normalized spacial score (nSPS) is 14.4. The van der Waals surface area contributed by atoms with E-state index in [1.54, 1.807) is 7.11 Å². The molecule has 1 amide bonds. The van der Waals surface area contributed by atoms with Gasteiger partial charge in [-0.05, 0) is 47.7 Å². The van der Waals surface area contributed by atoms with Gasteiger partial charge in [0.25, 0.3) is 0 Å². The van der Waals surface area contributed by atoms with E-state index in [9.17, 15) is 4.79 Å². The van der Waals surface area contributed by atoms with Crippen LogP contribution in [-0.4, -0.2) is 53.5 Å². The minimum atomic E-state index is 0.250. The smallest absolute Gasteiger partial charge is 0.223 e. The number of methoxy groups -OCH3 is 1. The Morgan fingerprint density at radius 2 is 1.82 bits per heavy atom. The van der Waals surface area contributed by atoms with Crippen molar-refractivity contribution in [2.75, 3.05) is 26.7 Å². The van der Waals surface area contributed by atoms with Crippen molar-refractivity contribution in [2.24, 2.45) is 5.92 Å². The third kappa shape index (κ3) is 5.55. The van der Waals surface area contributed by atoms with Crippen molar-refractivity contribution in [3.8, 4) is 5.75 Å². The maximum Gasteiger partial charge on any atom is 0.223 e. The number of rotatable bonds is 9. The number of aryl methyl sites for hydroxylation is 1. The first kappa shape index (κ1) is 20.3. The quantitative estimate of drug-likeness (QED) is 0.668. The summed E-state index contributed by atoms with van der Waals surface area (Å²) in [5.74, 6) is 1.70. The second kappa shape index (κ2) is 9.69. The molecule has 150 valence electrons. The molecule has 0 spiro atoms. The Morgan fingerprint density at radius 1 is 1.14 bits per heavy atom. The summed E-state index contributed by atoms with van der Waals surface area (Å²) in [7, 11) is 1.66. The first-order valence-electron chi connectivity index (χ1n) is 10.1. The Kier molecular flexibility index (Phi) is 7.04. The molecule has 5 nitrogen and oxygen atoms in total. The monoisotopic (exact) mass is 381 g/mol. The van der Waals surface area contributed by atoms with Crippen LogP contribution in [0.3, 0.4) is 0 Å². The molecule has 2 heterocycles. The van der Waals surface area contributed by atoms with E-state index in [4.69, 9.17) is 4.74 Å². The average Bonchev–Trinajstić information content (AvgIpc) is 2.66. The standard InChI is InChI=1S/C23H31N3O2/c1-18(2)14-25(15-20-10-12-24-13-11-20)21-16-26(17-21)23(27)9-6-19-4-7-22(28-3)8-5-19/h4-5,7-8,10-13,18,21H,6,9,14-17H2,1-3H3. The summed E-state index contributed by atoms with van der Waals surface area (Å²) in [6.07, 6.45) is 5.03. The highest BCUT2D eigenvalue weighted by Gasteiger charge is 2.34. The number of carbonyl (C=O) groups excluding carboxylic acids is 1. The molecule has 1 aliphatic rings. The van der Waals surface area contributed by atoms with E-state index in [1.165, 1.54) is 11.1 Å². The number of hydrogen-bond acceptors (Lipinski definition) is 4. The van der Waals surface area contributed by atoms with E-state index < -0.39 is 0 Å². The van der Waals surface area contributed by atoms with Crippen LogP contribution in [0.15, 0.2) is 48.8 Å². The molecule has 0 radical (unpaired) electrons. The van der Waals surface area contributed by atoms with Crippen molar-refractivity contribution in [3.05, 3.63) is 59.9 Å². The minimum absolute atomic E-state index is 0.250. The Hall–Kier alpha value is -2.40. The van der Waals surface area contributed by atoms with Crippen molar-refractivity contribution in [1.29, 1.82) is 0 Å². The second-order valence-electron chi connectivity index (χ2n) is 7.98. The van der Waals surface area contributed by atoms with Gasteiger partial charge in [-0.2, -0.15) is 0 Å². The summed E-state index contributed by atoms with van der Waals surface area (Å²) in [6.45, 7) is 8.12. The second-order valence-corrected chi connectivity index (χ2v) is 7.98. The molecule has 0 N–H and O–H groups in total. The van der Waals surface area contributed by atoms with Crippen molar-refractivity contribution in [3.63, 3.8) is 0 Å². The largest absolute Gasteiger partial charge is 0.497 e. The van der Waals surface area contributed by atoms with E-state index in [1.807, 2.05) is 41.6 Å². The zero-order valence-corrected chi connectivity index (χ0v) is 17.2. The fraction of sp³-hybridized carbons (Fsp3) is 0.478. The number of pyridine rings is 1. The zero-order chi connectivity index (χ0) is 19.9. The van der Waals surface area contributed by atoms with Gasteiger partial charge in [0, 0.05) is 51.0 Å². The zero-order valence-electron chi connectivity index (χ0n) is 17.2. The van der Waals surface area contributed by atoms with Gasteiger partial charge in [-0.25, -0.2) is 0 Å². The van der Waals surface area contributed by atoms with E-state index in [-0.39, 0.29) is 5.91 Å². The Morgan fingerprint density at radius 3 is 2.43 bits per heavy atom. The van der Waals surface area contributed by atoms with Gasteiger partial charge in [0.05, 0.1) is 7.11 Å². The molecule has 1 fully saturated rings. The summed E-state index contributed by atoms with van der Waals surface area (Å²) >= 11 is 0. The molecule has 0 saturated carbocycles. The number of carbonyl (C=O) groups is 1. The summed E-state index contributed by atoms with van der Waals surface area (Å²) in [5.41, 5.74) is 2.45. The van der Waals surface area contributed by atoms with Gasteiger partial charge in [-0.3, -0.25) is 14.7 Å². The first-order valence-corrected chi connectivity index (χ1v) is 10.1. The lowest BCUT2D eigenvalue weighted by molar-refractivity contribution is -0.139. The molecule has 1 aromatic heterocycles. The molecule has 1 saturated heterocycles. The van der Waals surface area contributed by atoms with Gasteiger partial charge in [-0.1, -0.05) is 26.0 Å². The SMILES string of the molecule is COc1ccc(CCC(=O)N2CC(N(Cc3ccncc3)CC(C)C)C2)cc1. The van der Waals surface area contributed by atoms with Crippen molar-refractivity contribution in [1.82, 2.24) is 14.8 Å². The van der Waals surface area contributed by atoms with E-state index in [0.29, 0.717) is 18.4 Å². The number of amides is 1. The molecule has 28 heavy (non-hydrogen) atoms. The molecular formula is C23H31N3O2. The third-order valence-electron chi connectivity index (χ3n) is 5.25. The van der Waals surface area contributed by atoms with Gasteiger partial charge in [-0.15, -0.1) is 0 Å². The molecule has 2 aromatic rings. The summed E-state index contributed by atoms with van der Waals surface area (Å²) in [4.78, 5) is 21.2. The maximum absolute atomic E-state index is 12.5. The molecular weight excluding hydrogens is 350 g/mol. The predicted molar refractivity (Wildman–Crippen MR) is 111 cm³/mol. The Balaban J connectivity index is 1.48. The van der Waals surface area contributed by atoms with E-state index in [0.717, 1.165) is 38.3 Å². The number of nitrogens with zero attached hydrogens (tertiary/aromatic N) is 3. The highest BCUT2D eigenvalue weighted by molar-refractivity contribution is 5.77. The summed E-state index contributed by atoms with van der Waals surface area (Å²) < 4.78 is 5.18. The lowest BCUT2D eigenvalue weighted by Gasteiger charge is -2.46. The molecule has 1 aliphatic heterocycles. The van der Waals surface area contributed by atoms with Crippen LogP contribution in [0.4, 0.5) is 0 Å². The van der Waals surface area contributed by atoms with Gasteiger partial charge in [0.15, 0.2) is 0 Å². The molecule has 3 rings (SSSR count). The molecule has 1 aromatic carbocycles. The number of benzene rings is 1. The third-order valence-corrected chi connectivity index (χ3v) is 5.25. The lowest BCUT2D eigenvalue weighted by atomic mass is 10.0. The highest BCUT2D eigenvalue weighted by Crippen LogP contribution is 2.21. The van der Waals surface area contributed by atoms with Gasteiger partial charge < -0.3 is 9.64 Å². The van der Waals surface area contributed by atoms with Crippen LogP contribution in [0.2, 0.25) is 0 Å². The van der Waals surface area contributed by atoms with Gasteiger partial charge in [0.1, 0.15) is 5.75 Å². The fourth-order valence-corrected chi connectivity index (χ4v) is 3.63. The lowest BCUT2D eigenvalue weighted by Crippen LogP contribution is -2.61. The van der Waals surface area contributed by atoms with Gasteiger partial charge in [0.2, 0.25) is 5.91 Å². The van der Waals surface area contributed by atoms with Crippen LogP contribution < -0.4 is 4.74 Å². The molecule has 0 bridgehead atoms. The predicted octanol–water partition coefficient (Wildman–Crippen LogP) is 3.39. The van der Waals surface area contributed by atoms with Crippen molar-refractivity contribution < 1.29 is 9.53 Å². The van der Waals surface area contributed by atoms with Crippen LogP contribution in [0.5, 0.6) is 5.75 Å². The van der Waals surface area contributed by atoms with Crippen LogP contribution in [0.1, 0.15) is 31.4 Å². The summed E-state index contributed by atoms with van der Waals surface area (Å²) in [6, 6.07) is 12.5. The van der Waals surface area contributed by atoms with Gasteiger partial charge >= 0.3 is 0 Å². The Labute approximate surface area is 168 Å². The summed E-state index contributed by atoms with van der Waals surface area (Å²) in [5, 5.41) is 0. The number of hydrogen-bond donors (Lipinski definition) is 0. The average molecular weight is 382 g/mol. The molecule has 0 aliphatic carbocycles. The molecule has 0 atom stereocenters. The number of aromatic nitrogens is 1. The first-order chi connectivity index (χ1) is 13.5. The molecule has 0 unspecified atom stereocenters. The van der Waals surface area contributed by atoms with Crippen molar-refractivity contribution in [2.45, 2.75) is 39.3 Å². The molecule has 5 heteroatoms. The maximum atomic E-state index is 12.5. The minimum Gasteiger partial charge on any atom is -0.497 e. The van der Waals surface area contributed by atoms with Crippen LogP contribution >= 0.6 is 0 Å². The van der Waals surface area contributed by atoms with E-state index in [2.05, 4.69) is 35.9 Å². The van der Waals surface area contributed by atoms with E-state index >= 15 is 0 Å². The number of ether oxygens (including phenoxy) is 1. The Bertz CT molecular complexity index is 740. The number of likely N-dealkylation sites (tertiary alicyclic amines) is 1.